The van der Waals surface area contributed by atoms with Crippen molar-refractivity contribution in [3.05, 3.63) is 70.9 Å². The number of aryl methyl sites for hydroxylation is 4. The van der Waals surface area contributed by atoms with Crippen molar-refractivity contribution >= 4 is 5.82 Å². The van der Waals surface area contributed by atoms with E-state index in [0.717, 1.165) is 35.9 Å². The lowest BCUT2D eigenvalue weighted by Gasteiger charge is -2.07. The van der Waals surface area contributed by atoms with E-state index in [0.29, 0.717) is 6.54 Å². The molecule has 23 heavy (non-hydrogen) atoms. The summed E-state index contributed by atoms with van der Waals surface area (Å²) in [5.41, 5.74) is 4.61. The molecule has 0 aliphatic rings. The molecule has 0 radical (unpaired) electrons. The van der Waals surface area contributed by atoms with Gasteiger partial charge in [0, 0.05) is 30.4 Å². The van der Waals surface area contributed by atoms with Gasteiger partial charge in [0.15, 0.2) is 0 Å². The predicted octanol–water partition coefficient (Wildman–Crippen LogP) is 3.21. The third-order valence-corrected chi connectivity index (χ3v) is 3.91. The van der Waals surface area contributed by atoms with Crippen molar-refractivity contribution in [1.29, 1.82) is 0 Å². The first-order chi connectivity index (χ1) is 11.2. The molecule has 0 aliphatic heterocycles. The molecule has 118 valence electrons. The van der Waals surface area contributed by atoms with Gasteiger partial charge >= 0.3 is 0 Å². The highest BCUT2D eigenvalue weighted by molar-refractivity contribution is 5.36. The first-order valence-corrected chi connectivity index (χ1v) is 7.82. The molecule has 0 bridgehead atoms. The third-order valence-electron chi connectivity index (χ3n) is 3.91. The summed E-state index contributed by atoms with van der Waals surface area (Å²) >= 11 is 0. The zero-order valence-corrected chi connectivity index (χ0v) is 13.5. The van der Waals surface area contributed by atoms with Crippen LogP contribution in [0.15, 0.2) is 42.6 Å². The van der Waals surface area contributed by atoms with Crippen molar-refractivity contribution in [2.45, 2.75) is 33.2 Å². The normalized spacial score (nSPS) is 10.7. The minimum atomic E-state index is 0.712. The Bertz CT molecular complexity index is 745. The number of hydrogen-bond donors (Lipinski definition) is 2. The van der Waals surface area contributed by atoms with E-state index in [1.807, 2.05) is 32.2 Å². The van der Waals surface area contributed by atoms with Gasteiger partial charge in [-0.05, 0) is 31.9 Å². The number of nitrogens with zero attached hydrogens (tertiary/aromatic N) is 3. The van der Waals surface area contributed by atoms with Gasteiger partial charge in [0.1, 0.15) is 11.6 Å². The van der Waals surface area contributed by atoms with Gasteiger partial charge in [0.25, 0.3) is 0 Å². The van der Waals surface area contributed by atoms with E-state index in [1.54, 1.807) is 0 Å². The van der Waals surface area contributed by atoms with E-state index < -0.39 is 0 Å². The number of nitrogens with one attached hydrogen (secondary N) is 2. The highest BCUT2D eigenvalue weighted by Crippen LogP contribution is 2.12. The Labute approximate surface area is 136 Å². The molecule has 2 heterocycles. The Balaban J connectivity index is 1.61. The van der Waals surface area contributed by atoms with Crippen LogP contribution in [-0.4, -0.2) is 20.2 Å². The number of H-pyrrole nitrogens is 1. The topological polar surface area (TPSA) is 66.5 Å². The Morgan fingerprint density at radius 3 is 2.61 bits per heavy atom. The molecule has 1 aromatic carbocycles. The van der Waals surface area contributed by atoms with Crippen molar-refractivity contribution in [3.8, 4) is 0 Å². The van der Waals surface area contributed by atoms with E-state index >= 15 is 0 Å². The fourth-order valence-corrected chi connectivity index (χ4v) is 2.53. The van der Waals surface area contributed by atoms with Gasteiger partial charge in [-0.3, -0.25) is 5.10 Å². The van der Waals surface area contributed by atoms with E-state index in [4.69, 9.17) is 0 Å². The molecule has 0 unspecified atom stereocenters. The van der Waals surface area contributed by atoms with Crippen molar-refractivity contribution in [2.75, 3.05) is 5.32 Å². The molecular formula is C18H21N5. The van der Waals surface area contributed by atoms with Crippen LogP contribution in [-0.2, 0) is 19.4 Å². The second-order valence-electron chi connectivity index (χ2n) is 5.61. The van der Waals surface area contributed by atoms with Crippen LogP contribution in [0.25, 0.3) is 0 Å². The Morgan fingerprint density at radius 1 is 1.04 bits per heavy atom. The van der Waals surface area contributed by atoms with Crippen molar-refractivity contribution in [3.63, 3.8) is 0 Å². The van der Waals surface area contributed by atoms with Crippen LogP contribution in [0, 0.1) is 13.8 Å². The van der Waals surface area contributed by atoms with E-state index in [-0.39, 0.29) is 0 Å². The molecule has 0 aliphatic carbocycles. The summed E-state index contributed by atoms with van der Waals surface area (Å²) in [5, 5.41) is 10.6. The molecule has 0 saturated carbocycles. The summed E-state index contributed by atoms with van der Waals surface area (Å²) in [4.78, 5) is 8.96. The monoisotopic (exact) mass is 307 g/mol. The summed E-state index contributed by atoms with van der Waals surface area (Å²) in [7, 11) is 0. The van der Waals surface area contributed by atoms with Crippen molar-refractivity contribution in [1.82, 2.24) is 20.2 Å². The summed E-state index contributed by atoms with van der Waals surface area (Å²) in [6.45, 7) is 4.75. The lowest BCUT2D eigenvalue weighted by Crippen LogP contribution is -2.06. The minimum Gasteiger partial charge on any atom is -0.366 e. The molecule has 5 heteroatoms. The molecule has 0 fully saturated rings. The number of aromatic amines is 1. The number of aromatic nitrogens is 4. The predicted molar refractivity (Wildman–Crippen MR) is 91.3 cm³/mol. The van der Waals surface area contributed by atoms with Crippen LogP contribution in [0.2, 0.25) is 0 Å². The highest BCUT2D eigenvalue weighted by atomic mass is 15.1. The minimum absolute atomic E-state index is 0.712. The second-order valence-corrected chi connectivity index (χ2v) is 5.61. The maximum atomic E-state index is 4.59. The number of benzene rings is 1. The smallest absolute Gasteiger partial charge is 0.130 e. The molecule has 0 amide bonds. The first kappa shape index (κ1) is 15.2. The SMILES string of the molecule is Cc1n[nH]c(C)c1CNc1ccnc(CCc2ccccc2)n1. The Morgan fingerprint density at radius 2 is 1.87 bits per heavy atom. The zero-order chi connectivity index (χ0) is 16.1. The van der Waals surface area contributed by atoms with Crippen molar-refractivity contribution in [2.24, 2.45) is 0 Å². The molecule has 0 saturated heterocycles. The lowest BCUT2D eigenvalue weighted by atomic mass is 10.1. The molecule has 3 aromatic rings. The van der Waals surface area contributed by atoms with Crippen LogP contribution < -0.4 is 5.32 Å². The van der Waals surface area contributed by atoms with Gasteiger partial charge in [-0.25, -0.2) is 9.97 Å². The molecule has 2 N–H and O–H groups in total. The third kappa shape index (κ3) is 3.94. The summed E-state index contributed by atoms with van der Waals surface area (Å²) in [6.07, 6.45) is 3.60. The number of rotatable bonds is 6. The second kappa shape index (κ2) is 7.05. The van der Waals surface area contributed by atoms with E-state index in [9.17, 15) is 0 Å². The van der Waals surface area contributed by atoms with Gasteiger partial charge in [0.05, 0.1) is 5.69 Å². The maximum Gasteiger partial charge on any atom is 0.130 e. The highest BCUT2D eigenvalue weighted by Gasteiger charge is 2.06. The van der Waals surface area contributed by atoms with Crippen molar-refractivity contribution < 1.29 is 0 Å². The van der Waals surface area contributed by atoms with E-state index in [1.165, 1.54) is 11.1 Å². The fourth-order valence-electron chi connectivity index (χ4n) is 2.53. The summed E-state index contributed by atoms with van der Waals surface area (Å²) < 4.78 is 0. The summed E-state index contributed by atoms with van der Waals surface area (Å²) in [6, 6.07) is 12.3. The molecule has 0 atom stereocenters. The molecule has 2 aromatic heterocycles. The Hall–Kier alpha value is -2.69. The largest absolute Gasteiger partial charge is 0.366 e. The fraction of sp³-hybridized carbons (Fsp3) is 0.278. The average molecular weight is 307 g/mol. The lowest BCUT2D eigenvalue weighted by molar-refractivity contribution is 0.856. The molecule has 3 rings (SSSR count). The average Bonchev–Trinajstić information content (AvgIpc) is 2.91. The van der Waals surface area contributed by atoms with Crippen LogP contribution in [0.5, 0.6) is 0 Å². The molecular weight excluding hydrogens is 286 g/mol. The van der Waals surface area contributed by atoms with Gasteiger partial charge in [-0.1, -0.05) is 30.3 Å². The van der Waals surface area contributed by atoms with Crippen LogP contribution in [0.1, 0.15) is 28.3 Å². The van der Waals surface area contributed by atoms with Gasteiger partial charge < -0.3 is 5.32 Å². The van der Waals surface area contributed by atoms with E-state index in [2.05, 4.69) is 49.7 Å². The number of anilines is 1. The van der Waals surface area contributed by atoms with Gasteiger partial charge in [-0.2, -0.15) is 5.10 Å². The standard InChI is InChI=1S/C18H21N5/c1-13-16(14(2)23-22-13)12-20-18-10-11-19-17(21-18)9-8-15-6-4-3-5-7-15/h3-7,10-11H,8-9,12H2,1-2H3,(H,22,23)(H,19,20,21). The van der Waals surface area contributed by atoms with Crippen LogP contribution in [0.4, 0.5) is 5.82 Å². The van der Waals surface area contributed by atoms with Crippen LogP contribution >= 0.6 is 0 Å². The first-order valence-electron chi connectivity index (χ1n) is 7.82. The summed E-state index contributed by atoms with van der Waals surface area (Å²) in [5.74, 6) is 1.71. The molecule has 0 spiro atoms. The maximum absolute atomic E-state index is 4.59. The molecule has 5 nitrogen and oxygen atoms in total. The zero-order valence-electron chi connectivity index (χ0n) is 13.5. The van der Waals surface area contributed by atoms with Gasteiger partial charge in [-0.15, -0.1) is 0 Å². The quantitative estimate of drug-likeness (QED) is 0.734. The van der Waals surface area contributed by atoms with Gasteiger partial charge in [0.2, 0.25) is 0 Å². The van der Waals surface area contributed by atoms with Crippen LogP contribution in [0.3, 0.4) is 0 Å². The number of hydrogen-bond acceptors (Lipinski definition) is 4. The Kier molecular flexibility index (Phi) is 4.66.